The molecule has 1 N–H and O–H groups in total. The number of rotatable bonds is 45. The van der Waals surface area contributed by atoms with Crippen LogP contribution in [-0.2, 0) is 32.7 Å². The van der Waals surface area contributed by atoms with Crippen molar-refractivity contribution in [2.24, 2.45) is 0 Å². The summed E-state index contributed by atoms with van der Waals surface area (Å²) in [6, 6.07) is 0. The van der Waals surface area contributed by atoms with Crippen LogP contribution in [0.4, 0.5) is 0 Å². The number of phosphoric ester groups is 1. The lowest BCUT2D eigenvalue weighted by atomic mass is 10.1. The summed E-state index contributed by atoms with van der Waals surface area (Å²) in [6.45, 7) is 4.15. The van der Waals surface area contributed by atoms with Gasteiger partial charge in [0.05, 0.1) is 27.7 Å². The molecule has 2 atom stereocenters. The highest BCUT2D eigenvalue weighted by Crippen LogP contribution is 2.43. The van der Waals surface area contributed by atoms with Crippen molar-refractivity contribution in [2.45, 2.75) is 168 Å². The van der Waals surface area contributed by atoms with Crippen molar-refractivity contribution in [1.82, 2.24) is 0 Å². The maximum Gasteiger partial charge on any atom is 0.472 e. The lowest BCUT2D eigenvalue weighted by molar-refractivity contribution is -0.870. The predicted octanol–water partition coefficient (Wildman–Crippen LogP) is 16.0. The van der Waals surface area contributed by atoms with Crippen LogP contribution in [0.2, 0.25) is 0 Å². The van der Waals surface area contributed by atoms with Crippen LogP contribution < -0.4 is 0 Å². The van der Waals surface area contributed by atoms with Crippen LogP contribution in [0.3, 0.4) is 0 Å². The first kappa shape index (κ1) is 64.9. The zero-order valence-corrected chi connectivity index (χ0v) is 44.6. The van der Waals surface area contributed by atoms with Gasteiger partial charge in [-0.3, -0.25) is 18.6 Å². The normalized spacial score (nSPS) is 14.6. The maximum atomic E-state index is 12.7. The van der Waals surface area contributed by atoms with E-state index in [1.165, 1.54) is 6.42 Å². The molecule has 10 heteroatoms. The Balaban J connectivity index is 4.15. The van der Waals surface area contributed by atoms with Crippen molar-refractivity contribution < 1.29 is 42.1 Å². The highest BCUT2D eigenvalue weighted by atomic mass is 31.2. The Kier molecular flexibility index (Phi) is 46.0. The first-order valence-corrected chi connectivity index (χ1v) is 27.6. The second-order valence-electron chi connectivity index (χ2n) is 17.8. The number of quaternary nitrogens is 1. The van der Waals surface area contributed by atoms with Crippen LogP contribution in [0.1, 0.15) is 162 Å². The van der Waals surface area contributed by atoms with E-state index in [4.69, 9.17) is 18.5 Å². The summed E-state index contributed by atoms with van der Waals surface area (Å²) in [7, 11) is 1.42. The fourth-order valence-corrected chi connectivity index (χ4v) is 6.85. The van der Waals surface area contributed by atoms with E-state index < -0.39 is 32.5 Å². The lowest BCUT2D eigenvalue weighted by Gasteiger charge is -2.24. The van der Waals surface area contributed by atoms with E-state index in [0.717, 1.165) is 122 Å². The SMILES string of the molecule is CC/C=C\C/C=C\C/C=C\C/C=C\C/C=C\C/C=C\C/C=C\C/C=C\C/C=C\C/C=C\C/C=C\C/C=C\CCCCC(=O)OC(COC(=O)CCCCCCCC)COP(=O)(O)OCC[N+](C)(C)C. The molecule has 0 aromatic carbocycles. The van der Waals surface area contributed by atoms with Gasteiger partial charge in [-0.25, -0.2) is 4.57 Å². The standard InChI is InChI=1S/C59H94NO8P/c1-6-8-10-12-14-15-16-17-18-19-20-21-22-23-24-25-26-27-28-29-30-31-32-33-34-35-36-37-38-39-40-41-42-43-44-45-46-48-50-52-59(62)68-57(55-65-58(61)51-49-47-13-11-9-7-2)56-67-69(63,64)66-54-53-60(3,4)5/h8,10,14-15,17-18,20-21,23-24,26-27,29-30,32-33,35-36,38-39,41-42,44-45,57H,6-7,9,11-13,16,19,22,25,28,31,34,37,40,43,46-56H2,1-5H3/p+1/b10-8-,15-14-,18-17-,21-20-,24-23-,27-26-,30-29-,33-32-,36-35-,39-38-,42-41-,45-44-. The number of unbranched alkanes of at least 4 members (excludes halogenated alkanes) is 7. The van der Waals surface area contributed by atoms with E-state index in [1.54, 1.807) is 0 Å². The summed E-state index contributed by atoms with van der Waals surface area (Å²) in [5.74, 6) is -0.874. The van der Waals surface area contributed by atoms with Gasteiger partial charge in [0, 0.05) is 12.8 Å². The number of hydrogen-bond acceptors (Lipinski definition) is 7. The molecule has 0 saturated heterocycles. The van der Waals surface area contributed by atoms with Gasteiger partial charge in [-0.05, 0) is 103 Å². The zero-order chi connectivity index (χ0) is 50.6. The Hall–Kier alpha value is -4.11. The quantitative estimate of drug-likeness (QED) is 0.0211. The molecule has 0 radical (unpaired) electrons. The van der Waals surface area contributed by atoms with Gasteiger partial charge in [0.25, 0.3) is 0 Å². The minimum absolute atomic E-state index is 0.0157. The van der Waals surface area contributed by atoms with E-state index in [-0.39, 0.29) is 26.1 Å². The Morgan fingerprint density at radius 3 is 1.23 bits per heavy atom. The van der Waals surface area contributed by atoms with Crippen molar-refractivity contribution in [3.63, 3.8) is 0 Å². The molecule has 69 heavy (non-hydrogen) atoms. The molecule has 0 rings (SSSR count). The number of nitrogens with zero attached hydrogens (tertiary/aromatic N) is 1. The number of carbonyl (C=O) groups is 2. The molecule has 0 fully saturated rings. The van der Waals surface area contributed by atoms with Gasteiger partial charge in [0.1, 0.15) is 19.8 Å². The Morgan fingerprint density at radius 1 is 0.464 bits per heavy atom. The average molecular weight is 977 g/mol. The largest absolute Gasteiger partial charge is 0.472 e. The number of esters is 2. The summed E-state index contributed by atoms with van der Waals surface area (Å²) in [5.41, 5.74) is 0. The zero-order valence-electron chi connectivity index (χ0n) is 43.7. The van der Waals surface area contributed by atoms with Crippen molar-refractivity contribution in [2.75, 3.05) is 47.5 Å². The molecule has 2 unspecified atom stereocenters. The summed E-state index contributed by atoms with van der Waals surface area (Å²) >= 11 is 0. The molecule has 9 nitrogen and oxygen atoms in total. The number of ether oxygens (including phenoxy) is 2. The number of likely N-dealkylation sites (N-methyl/N-ethyl adjacent to an activating group) is 1. The summed E-state index contributed by atoms with van der Waals surface area (Å²) in [5, 5.41) is 0. The first-order valence-electron chi connectivity index (χ1n) is 26.1. The average Bonchev–Trinajstić information content (AvgIpc) is 3.31. The molecule has 388 valence electrons. The molecule has 0 spiro atoms. The third-order valence-corrected chi connectivity index (χ3v) is 11.1. The van der Waals surface area contributed by atoms with Crippen LogP contribution in [0.25, 0.3) is 0 Å². The fraction of sp³-hybridized carbons (Fsp3) is 0.559. The third-order valence-electron chi connectivity index (χ3n) is 10.1. The highest BCUT2D eigenvalue weighted by Gasteiger charge is 2.27. The van der Waals surface area contributed by atoms with Gasteiger partial charge in [0.15, 0.2) is 6.10 Å². The molecule has 0 bridgehead atoms. The minimum atomic E-state index is -4.39. The number of allylic oxidation sites excluding steroid dienone is 24. The third kappa shape index (κ3) is 53.1. The van der Waals surface area contributed by atoms with Gasteiger partial charge in [-0.1, -0.05) is 192 Å². The predicted molar refractivity (Wildman–Crippen MR) is 293 cm³/mol. The number of phosphoric acid groups is 1. The van der Waals surface area contributed by atoms with Crippen LogP contribution >= 0.6 is 7.82 Å². The highest BCUT2D eigenvalue weighted by molar-refractivity contribution is 7.47. The van der Waals surface area contributed by atoms with E-state index >= 15 is 0 Å². The molecular weight excluding hydrogens is 882 g/mol. The van der Waals surface area contributed by atoms with Crippen LogP contribution in [0.5, 0.6) is 0 Å². The second kappa shape index (κ2) is 48.9. The summed E-state index contributed by atoms with van der Waals surface area (Å²) in [6.07, 6.45) is 72.5. The summed E-state index contributed by atoms with van der Waals surface area (Å²) < 4.78 is 34.1. The molecule has 0 heterocycles. The molecule has 0 aliphatic carbocycles. The van der Waals surface area contributed by atoms with E-state index in [1.807, 2.05) is 21.1 Å². The first-order chi connectivity index (χ1) is 33.5. The van der Waals surface area contributed by atoms with Gasteiger partial charge >= 0.3 is 19.8 Å². The second-order valence-corrected chi connectivity index (χ2v) is 19.3. The van der Waals surface area contributed by atoms with Crippen molar-refractivity contribution in [3.8, 4) is 0 Å². The minimum Gasteiger partial charge on any atom is -0.462 e. The smallest absolute Gasteiger partial charge is 0.462 e. The van der Waals surface area contributed by atoms with Gasteiger partial charge in [-0.2, -0.15) is 0 Å². The van der Waals surface area contributed by atoms with Crippen molar-refractivity contribution in [3.05, 3.63) is 146 Å². The molecule has 0 aromatic rings. The number of hydrogen-bond donors (Lipinski definition) is 1. The van der Waals surface area contributed by atoms with E-state index in [2.05, 4.69) is 160 Å². The van der Waals surface area contributed by atoms with Crippen LogP contribution in [0.15, 0.2) is 146 Å². The fourth-order valence-electron chi connectivity index (χ4n) is 6.11. The molecule has 0 saturated carbocycles. The van der Waals surface area contributed by atoms with Crippen molar-refractivity contribution >= 4 is 19.8 Å². The Labute approximate surface area is 421 Å². The molecule has 0 aromatic heterocycles. The van der Waals surface area contributed by atoms with Gasteiger partial charge in [-0.15, -0.1) is 0 Å². The Morgan fingerprint density at radius 2 is 0.826 bits per heavy atom. The number of carbonyl (C=O) groups excluding carboxylic acids is 2. The van der Waals surface area contributed by atoms with Gasteiger partial charge in [0.2, 0.25) is 0 Å². The lowest BCUT2D eigenvalue weighted by Crippen LogP contribution is -2.37. The molecule has 0 aliphatic heterocycles. The monoisotopic (exact) mass is 977 g/mol. The molecular formula is C59H95NO8P+. The summed E-state index contributed by atoms with van der Waals surface area (Å²) in [4.78, 5) is 35.2. The van der Waals surface area contributed by atoms with E-state index in [0.29, 0.717) is 17.4 Å². The molecule has 0 aliphatic rings. The van der Waals surface area contributed by atoms with E-state index in [9.17, 15) is 19.0 Å². The molecule has 0 amide bonds. The Bertz CT molecular complexity index is 1670. The van der Waals surface area contributed by atoms with Crippen LogP contribution in [0, 0.1) is 0 Å². The maximum absolute atomic E-state index is 12.7. The van der Waals surface area contributed by atoms with Crippen molar-refractivity contribution in [1.29, 1.82) is 0 Å². The van der Waals surface area contributed by atoms with Gasteiger partial charge < -0.3 is 18.9 Å². The van der Waals surface area contributed by atoms with Crippen LogP contribution in [-0.4, -0.2) is 74.9 Å². The topological polar surface area (TPSA) is 108 Å².